The van der Waals surface area contributed by atoms with Gasteiger partial charge >= 0.3 is 11.9 Å². The molecule has 0 fully saturated rings. The van der Waals surface area contributed by atoms with Gasteiger partial charge in [-0.2, -0.15) is 0 Å². The van der Waals surface area contributed by atoms with Crippen LogP contribution in [-0.2, 0) is 14.3 Å². The number of carbonyl (C=O) groups is 2. The zero-order chi connectivity index (χ0) is 26.8. The van der Waals surface area contributed by atoms with Crippen LogP contribution < -0.4 is 24.4 Å². The van der Waals surface area contributed by atoms with Gasteiger partial charge in [0.05, 0.1) is 41.1 Å². The Morgan fingerprint density at radius 2 is 1.89 bits per heavy atom. The van der Waals surface area contributed by atoms with Gasteiger partial charge in [0.15, 0.2) is 16.3 Å². The van der Waals surface area contributed by atoms with E-state index >= 15 is 0 Å². The fraction of sp³-hybridized carbons (Fsp3) is 0.286. The van der Waals surface area contributed by atoms with E-state index in [1.54, 1.807) is 49.4 Å². The van der Waals surface area contributed by atoms with Crippen LogP contribution in [0.3, 0.4) is 0 Å². The van der Waals surface area contributed by atoms with Crippen molar-refractivity contribution >= 4 is 29.4 Å². The highest BCUT2D eigenvalue weighted by Gasteiger charge is 2.34. The van der Waals surface area contributed by atoms with Crippen LogP contribution in [0, 0.1) is 0 Å². The summed E-state index contributed by atoms with van der Waals surface area (Å²) in [5.74, 6) is 0.205. The summed E-state index contributed by atoms with van der Waals surface area (Å²) in [6.45, 7) is 4.16. The van der Waals surface area contributed by atoms with Crippen molar-refractivity contribution in [2.45, 2.75) is 32.7 Å². The maximum atomic E-state index is 13.8. The molecule has 9 nitrogen and oxygen atoms in total. The summed E-state index contributed by atoms with van der Waals surface area (Å²) in [4.78, 5) is 43.9. The molecule has 0 radical (unpaired) electrons. The second-order valence-electron chi connectivity index (χ2n) is 8.80. The Balaban J connectivity index is 1.62. The molecule has 3 heterocycles. The summed E-state index contributed by atoms with van der Waals surface area (Å²) >= 11 is 1.23. The molecule has 0 spiro atoms. The summed E-state index contributed by atoms with van der Waals surface area (Å²) in [6.07, 6.45) is 3.36. The van der Waals surface area contributed by atoms with Crippen molar-refractivity contribution in [3.8, 4) is 11.5 Å². The van der Waals surface area contributed by atoms with Crippen molar-refractivity contribution in [3.63, 3.8) is 0 Å². The fourth-order valence-corrected chi connectivity index (χ4v) is 5.40. The Bertz CT molecular complexity index is 1620. The molecule has 2 aromatic carbocycles. The predicted octanol–water partition coefficient (Wildman–Crippen LogP) is 3.09. The maximum Gasteiger partial charge on any atom is 0.338 e. The normalized spacial score (nSPS) is 16.2. The summed E-state index contributed by atoms with van der Waals surface area (Å²) in [5.41, 5.74) is 2.33. The molecular formula is C28H26N2O7S. The number of thiazole rings is 1. The number of allylic oxidation sites excluding steroid dienone is 1. The van der Waals surface area contributed by atoms with Crippen LogP contribution in [0.5, 0.6) is 11.5 Å². The molecule has 1 unspecified atom stereocenters. The average Bonchev–Trinajstić information content (AvgIpc) is 3.51. The standard InChI is InChI=1S/C28H26N2O7S/c1-4-5-12-35-27(33)23-16(2)29-28-30(24(23)19-10-11-20-21(14-19)37-15-36-20)25(31)22(38-28)13-17-6-8-18(9-7-17)26(32)34-3/h6-11,13-14,24H,4-5,12,15H2,1-3H3/b22-13-. The number of rotatable bonds is 7. The number of esters is 2. The highest BCUT2D eigenvalue weighted by molar-refractivity contribution is 7.07. The first kappa shape index (κ1) is 25.5. The van der Waals surface area contributed by atoms with E-state index < -0.39 is 18.0 Å². The molecule has 2 aliphatic heterocycles. The highest BCUT2D eigenvalue weighted by Crippen LogP contribution is 2.38. The van der Waals surface area contributed by atoms with Gasteiger partial charge in [-0.15, -0.1) is 0 Å². The summed E-state index contributed by atoms with van der Waals surface area (Å²) in [6, 6.07) is 11.4. The minimum Gasteiger partial charge on any atom is -0.465 e. The molecule has 5 rings (SSSR count). The highest BCUT2D eigenvalue weighted by atomic mass is 32.1. The van der Waals surface area contributed by atoms with Gasteiger partial charge in [0.1, 0.15) is 0 Å². The first-order chi connectivity index (χ1) is 18.4. The van der Waals surface area contributed by atoms with Gasteiger partial charge in [0.2, 0.25) is 6.79 Å². The lowest BCUT2D eigenvalue weighted by atomic mass is 9.95. The number of unbranched alkanes of at least 4 members (excludes halogenated alkanes) is 1. The van der Waals surface area contributed by atoms with Gasteiger partial charge in [-0.05, 0) is 54.8 Å². The Kier molecular flexibility index (Phi) is 7.15. The van der Waals surface area contributed by atoms with E-state index in [1.165, 1.54) is 23.0 Å². The number of benzene rings is 2. The Morgan fingerprint density at radius 1 is 1.13 bits per heavy atom. The van der Waals surface area contributed by atoms with Crippen LogP contribution in [0.25, 0.3) is 6.08 Å². The predicted molar refractivity (Wildman–Crippen MR) is 140 cm³/mol. The number of aromatic nitrogens is 1. The largest absolute Gasteiger partial charge is 0.465 e. The van der Waals surface area contributed by atoms with Crippen LogP contribution in [0.4, 0.5) is 0 Å². The first-order valence-electron chi connectivity index (χ1n) is 12.2. The summed E-state index contributed by atoms with van der Waals surface area (Å²) in [7, 11) is 1.32. The smallest absolute Gasteiger partial charge is 0.338 e. The zero-order valence-corrected chi connectivity index (χ0v) is 22.0. The van der Waals surface area contributed by atoms with Gasteiger partial charge in [0.25, 0.3) is 5.56 Å². The topological polar surface area (TPSA) is 105 Å². The second-order valence-corrected chi connectivity index (χ2v) is 9.81. The van der Waals surface area contributed by atoms with Gasteiger partial charge in [-0.3, -0.25) is 9.36 Å². The quantitative estimate of drug-likeness (QED) is 0.339. The maximum absolute atomic E-state index is 13.8. The van der Waals surface area contributed by atoms with Crippen LogP contribution in [0.1, 0.15) is 54.2 Å². The summed E-state index contributed by atoms with van der Waals surface area (Å²) < 4.78 is 23.3. The molecule has 0 amide bonds. The molecular weight excluding hydrogens is 508 g/mol. The number of hydrogen-bond acceptors (Lipinski definition) is 9. The number of carbonyl (C=O) groups excluding carboxylic acids is 2. The molecule has 0 saturated carbocycles. The molecule has 0 bridgehead atoms. The van der Waals surface area contributed by atoms with Crippen LogP contribution in [0.2, 0.25) is 0 Å². The lowest BCUT2D eigenvalue weighted by Gasteiger charge is -2.25. The molecule has 0 aliphatic carbocycles. The van der Waals surface area contributed by atoms with E-state index in [0.29, 0.717) is 43.2 Å². The van der Waals surface area contributed by atoms with Crippen LogP contribution >= 0.6 is 11.3 Å². The van der Waals surface area contributed by atoms with Crippen LogP contribution in [0.15, 0.2) is 63.5 Å². The van der Waals surface area contributed by atoms with Crippen molar-refractivity contribution in [3.05, 3.63) is 90.1 Å². The SMILES string of the molecule is CCCCOC(=O)C1=C(C)N=c2s/c(=C\c3ccc(C(=O)OC)cc3)c(=O)n2C1c1ccc2c(c1)OCO2. The Hall–Kier alpha value is -4.18. The van der Waals surface area contributed by atoms with Crippen molar-refractivity contribution < 1.29 is 28.5 Å². The van der Waals surface area contributed by atoms with Crippen molar-refractivity contribution in [1.29, 1.82) is 0 Å². The van der Waals surface area contributed by atoms with Gasteiger partial charge in [0, 0.05) is 0 Å². The summed E-state index contributed by atoms with van der Waals surface area (Å²) in [5, 5.41) is 0. The molecule has 3 aromatic rings. The third kappa shape index (κ3) is 4.74. The van der Waals surface area contributed by atoms with E-state index in [-0.39, 0.29) is 19.0 Å². The minimum atomic E-state index is -0.751. The molecule has 10 heteroatoms. The van der Waals surface area contributed by atoms with E-state index in [4.69, 9.17) is 18.9 Å². The molecule has 196 valence electrons. The van der Waals surface area contributed by atoms with E-state index in [0.717, 1.165) is 18.4 Å². The lowest BCUT2D eigenvalue weighted by molar-refractivity contribution is -0.139. The number of fused-ring (bicyclic) bond motifs is 2. The monoisotopic (exact) mass is 534 g/mol. The van der Waals surface area contributed by atoms with Gasteiger partial charge in [-0.1, -0.05) is 42.9 Å². The molecule has 1 aromatic heterocycles. The lowest BCUT2D eigenvalue weighted by Crippen LogP contribution is -2.40. The van der Waals surface area contributed by atoms with Crippen molar-refractivity contribution in [2.75, 3.05) is 20.5 Å². The molecule has 0 N–H and O–H groups in total. The Labute approximate surface area is 222 Å². The van der Waals surface area contributed by atoms with Crippen molar-refractivity contribution in [1.82, 2.24) is 4.57 Å². The third-order valence-electron chi connectivity index (χ3n) is 6.31. The second kappa shape index (κ2) is 10.7. The number of nitrogens with zero attached hydrogens (tertiary/aromatic N) is 2. The number of hydrogen-bond donors (Lipinski definition) is 0. The Morgan fingerprint density at radius 3 is 2.63 bits per heavy atom. The van der Waals surface area contributed by atoms with Gasteiger partial charge < -0.3 is 18.9 Å². The molecule has 2 aliphatic rings. The van der Waals surface area contributed by atoms with E-state index in [2.05, 4.69) is 4.99 Å². The van der Waals surface area contributed by atoms with Crippen LogP contribution in [-0.4, -0.2) is 37.0 Å². The average molecular weight is 535 g/mol. The zero-order valence-electron chi connectivity index (χ0n) is 21.2. The molecule has 1 atom stereocenters. The molecule has 0 saturated heterocycles. The van der Waals surface area contributed by atoms with E-state index in [9.17, 15) is 14.4 Å². The van der Waals surface area contributed by atoms with Gasteiger partial charge in [-0.25, -0.2) is 14.6 Å². The fourth-order valence-electron chi connectivity index (χ4n) is 4.35. The third-order valence-corrected chi connectivity index (χ3v) is 7.30. The minimum absolute atomic E-state index is 0.108. The first-order valence-corrected chi connectivity index (χ1v) is 13.0. The number of methoxy groups -OCH3 is 1. The van der Waals surface area contributed by atoms with Crippen molar-refractivity contribution in [2.24, 2.45) is 4.99 Å². The number of ether oxygens (including phenoxy) is 4. The van der Waals surface area contributed by atoms with E-state index in [1.807, 2.05) is 13.0 Å². The molecule has 38 heavy (non-hydrogen) atoms.